The molecular formula is C16H27NO3. The highest BCUT2D eigenvalue weighted by Gasteiger charge is 2.41. The number of carboxylic acid groups (broad SMARTS) is 1. The summed E-state index contributed by atoms with van der Waals surface area (Å²) in [5.41, 5.74) is -0.447. The van der Waals surface area contributed by atoms with Gasteiger partial charge in [-0.1, -0.05) is 13.8 Å². The van der Waals surface area contributed by atoms with Crippen molar-refractivity contribution in [1.82, 2.24) is 5.32 Å². The number of amides is 1. The molecule has 0 spiro atoms. The van der Waals surface area contributed by atoms with Gasteiger partial charge in [0.05, 0.1) is 12.0 Å². The van der Waals surface area contributed by atoms with E-state index in [-0.39, 0.29) is 18.2 Å². The Morgan fingerprint density at radius 2 is 1.80 bits per heavy atom. The first-order valence-electron chi connectivity index (χ1n) is 7.96. The van der Waals surface area contributed by atoms with Crippen LogP contribution in [-0.4, -0.2) is 22.5 Å². The van der Waals surface area contributed by atoms with Crippen LogP contribution in [-0.2, 0) is 9.59 Å². The number of hydrogen-bond acceptors (Lipinski definition) is 2. The van der Waals surface area contributed by atoms with Crippen LogP contribution in [0.1, 0.15) is 65.2 Å². The van der Waals surface area contributed by atoms with Gasteiger partial charge in [-0.15, -0.1) is 0 Å². The molecule has 1 amide bonds. The molecule has 2 fully saturated rings. The maximum Gasteiger partial charge on any atom is 0.305 e. The second-order valence-electron chi connectivity index (χ2n) is 7.05. The number of carbonyl (C=O) groups excluding carboxylic acids is 1. The Balaban J connectivity index is 1.84. The molecule has 114 valence electrons. The SMILES string of the molecule is CC(C)C1CCC(C(=O)NC2(CC(=O)O)CCC2)CC1. The second-order valence-corrected chi connectivity index (χ2v) is 7.05. The summed E-state index contributed by atoms with van der Waals surface area (Å²) >= 11 is 0. The second kappa shape index (κ2) is 6.15. The minimum Gasteiger partial charge on any atom is -0.481 e. The van der Waals surface area contributed by atoms with E-state index in [1.807, 2.05) is 0 Å². The molecular weight excluding hydrogens is 254 g/mol. The van der Waals surface area contributed by atoms with E-state index in [0.717, 1.165) is 50.9 Å². The lowest BCUT2D eigenvalue weighted by atomic mass is 9.72. The summed E-state index contributed by atoms with van der Waals surface area (Å²) in [5.74, 6) is 0.817. The number of carboxylic acids is 1. The van der Waals surface area contributed by atoms with Crippen LogP contribution in [0.15, 0.2) is 0 Å². The molecule has 0 aromatic heterocycles. The Labute approximate surface area is 121 Å². The molecule has 0 radical (unpaired) electrons. The molecule has 0 aromatic rings. The molecule has 4 heteroatoms. The van der Waals surface area contributed by atoms with Crippen LogP contribution in [0.25, 0.3) is 0 Å². The van der Waals surface area contributed by atoms with E-state index in [1.54, 1.807) is 0 Å². The monoisotopic (exact) mass is 281 g/mol. The van der Waals surface area contributed by atoms with Gasteiger partial charge >= 0.3 is 5.97 Å². The first-order valence-corrected chi connectivity index (χ1v) is 7.96. The molecule has 0 aliphatic heterocycles. The van der Waals surface area contributed by atoms with Crippen LogP contribution >= 0.6 is 0 Å². The highest BCUT2D eigenvalue weighted by atomic mass is 16.4. The first kappa shape index (κ1) is 15.3. The molecule has 20 heavy (non-hydrogen) atoms. The minimum atomic E-state index is -0.812. The van der Waals surface area contributed by atoms with Gasteiger partial charge in [0, 0.05) is 5.92 Å². The van der Waals surface area contributed by atoms with E-state index < -0.39 is 11.5 Å². The fourth-order valence-corrected chi connectivity index (χ4v) is 3.65. The number of aliphatic carboxylic acids is 1. The fourth-order valence-electron chi connectivity index (χ4n) is 3.65. The van der Waals surface area contributed by atoms with Gasteiger partial charge in [-0.2, -0.15) is 0 Å². The molecule has 0 unspecified atom stereocenters. The molecule has 0 atom stereocenters. The van der Waals surface area contributed by atoms with E-state index >= 15 is 0 Å². The Bertz CT molecular complexity index is 366. The van der Waals surface area contributed by atoms with Gasteiger partial charge in [0.2, 0.25) is 5.91 Å². The maximum absolute atomic E-state index is 12.4. The molecule has 0 heterocycles. The van der Waals surface area contributed by atoms with Gasteiger partial charge in [0.15, 0.2) is 0 Å². The standard InChI is InChI=1S/C16H27NO3/c1-11(2)12-4-6-13(7-5-12)15(20)17-16(8-3-9-16)10-14(18)19/h11-13H,3-10H2,1-2H3,(H,17,20)(H,18,19). The third-order valence-electron chi connectivity index (χ3n) is 5.27. The van der Waals surface area contributed by atoms with Crippen molar-refractivity contribution in [3.8, 4) is 0 Å². The smallest absolute Gasteiger partial charge is 0.305 e. The van der Waals surface area contributed by atoms with Gasteiger partial charge in [0.25, 0.3) is 0 Å². The van der Waals surface area contributed by atoms with E-state index in [0.29, 0.717) is 5.92 Å². The third kappa shape index (κ3) is 3.53. The highest BCUT2D eigenvalue weighted by Crippen LogP contribution is 2.37. The van der Waals surface area contributed by atoms with Crippen molar-refractivity contribution < 1.29 is 14.7 Å². The number of rotatable bonds is 5. The summed E-state index contributed by atoms with van der Waals surface area (Å²) in [7, 11) is 0. The summed E-state index contributed by atoms with van der Waals surface area (Å²) < 4.78 is 0. The van der Waals surface area contributed by atoms with Crippen molar-refractivity contribution in [2.75, 3.05) is 0 Å². The zero-order valence-electron chi connectivity index (χ0n) is 12.7. The van der Waals surface area contributed by atoms with E-state index in [2.05, 4.69) is 19.2 Å². The van der Waals surface area contributed by atoms with Gasteiger partial charge in [-0.25, -0.2) is 0 Å². The molecule has 2 aliphatic carbocycles. The third-order valence-corrected chi connectivity index (χ3v) is 5.27. The Morgan fingerprint density at radius 1 is 1.20 bits per heavy atom. The van der Waals surface area contributed by atoms with Crippen LogP contribution in [0, 0.1) is 17.8 Å². The average Bonchev–Trinajstić information content (AvgIpc) is 2.35. The Morgan fingerprint density at radius 3 is 2.20 bits per heavy atom. The highest BCUT2D eigenvalue weighted by molar-refractivity contribution is 5.80. The van der Waals surface area contributed by atoms with Gasteiger partial charge in [-0.05, 0) is 56.8 Å². The van der Waals surface area contributed by atoms with Gasteiger partial charge < -0.3 is 10.4 Å². The summed E-state index contributed by atoms with van der Waals surface area (Å²) in [6.45, 7) is 4.50. The van der Waals surface area contributed by atoms with E-state index in [1.165, 1.54) is 0 Å². The molecule has 2 aliphatic rings. The van der Waals surface area contributed by atoms with Crippen LogP contribution in [0.3, 0.4) is 0 Å². The van der Waals surface area contributed by atoms with Crippen molar-refractivity contribution in [2.24, 2.45) is 17.8 Å². The van der Waals surface area contributed by atoms with Crippen LogP contribution < -0.4 is 5.32 Å². The van der Waals surface area contributed by atoms with Crippen molar-refractivity contribution in [2.45, 2.75) is 70.8 Å². The lowest BCUT2D eigenvalue weighted by Crippen LogP contribution is -2.56. The topological polar surface area (TPSA) is 66.4 Å². The quantitative estimate of drug-likeness (QED) is 0.814. The lowest BCUT2D eigenvalue weighted by molar-refractivity contribution is -0.141. The molecule has 0 saturated heterocycles. The van der Waals surface area contributed by atoms with Gasteiger partial charge in [0.1, 0.15) is 0 Å². The zero-order valence-corrected chi connectivity index (χ0v) is 12.7. The largest absolute Gasteiger partial charge is 0.481 e. The molecule has 2 saturated carbocycles. The molecule has 2 rings (SSSR count). The van der Waals surface area contributed by atoms with Crippen molar-refractivity contribution >= 4 is 11.9 Å². The number of hydrogen-bond donors (Lipinski definition) is 2. The summed E-state index contributed by atoms with van der Waals surface area (Å²) in [6.07, 6.45) is 6.88. The van der Waals surface area contributed by atoms with Crippen molar-refractivity contribution in [3.05, 3.63) is 0 Å². The molecule has 0 aromatic carbocycles. The Kier molecular flexibility index (Phi) is 4.71. The number of carbonyl (C=O) groups is 2. The summed E-state index contributed by atoms with van der Waals surface area (Å²) in [4.78, 5) is 23.3. The van der Waals surface area contributed by atoms with Crippen molar-refractivity contribution in [1.29, 1.82) is 0 Å². The predicted octanol–water partition coefficient (Wildman–Crippen LogP) is 2.96. The maximum atomic E-state index is 12.4. The first-order chi connectivity index (χ1) is 9.42. The molecule has 4 nitrogen and oxygen atoms in total. The fraction of sp³-hybridized carbons (Fsp3) is 0.875. The predicted molar refractivity (Wildman–Crippen MR) is 77.3 cm³/mol. The molecule has 0 bridgehead atoms. The van der Waals surface area contributed by atoms with Crippen LogP contribution in [0.2, 0.25) is 0 Å². The zero-order chi connectivity index (χ0) is 14.8. The van der Waals surface area contributed by atoms with E-state index in [4.69, 9.17) is 5.11 Å². The summed E-state index contributed by atoms with van der Waals surface area (Å²) in [6, 6.07) is 0. The number of nitrogens with one attached hydrogen (secondary N) is 1. The van der Waals surface area contributed by atoms with E-state index in [9.17, 15) is 9.59 Å². The van der Waals surface area contributed by atoms with Crippen LogP contribution in [0.5, 0.6) is 0 Å². The minimum absolute atomic E-state index is 0.0695. The van der Waals surface area contributed by atoms with Gasteiger partial charge in [-0.3, -0.25) is 9.59 Å². The van der Waals surface area contributed by atoms with Crippen molar-refractivity contribution in [3.63, 3.8) is 0 Å². The lowest BCUT2D eigenvalue weighted by Gasteiger charge is -2.43. The normalized spacial score (nSPS) is 28.8. The summed E-state index contributed by atoms with van der Waals surface area (Å²) in [5, 5.41) is 12.0. The average molecular weight is 281 g/mol. The molecule has 2 N–H and O–H groups in total. The van der Waals surface area contributed by atoms with Crippen LogP contribution in [0.4, 0.5) is 0 Å². The Hall–Kier alpha value is -1.06.